The maximum absolute atomic E-state index is 12.9. The van der Waals surface area contributed by atoms with Gasteiger partial charge in [-0.2, -0.15) is 0 Å². The summed E-state index contributed by atoms with van der Waals surface area (Å²) in [5.74, 6) is -0.431. The molecule has 0 atom stereocenters. The van der Waals surface area contributed by atoms with Crippen LogP contribution in [-0.2, 0) is 4.79 Å². The highest BCUT2D eigenvalue weighted by atomic mass is 32.2. The van der Waals surface area contributed by atoms with Crippen LogP contribution in [0.15, 0.2) is 24.3 Å². The number of halogens is 1. The standard InChI is InChI=1S/C11H11FO2S/c1-8(13)15-6-2-3-9-4-5-11(14)10(12)7-9/h2-5,7,14H,6H2,1H3. The van der Waals surface area contributed by atoms with E-state index >= 15 is 0 Å². The molecule has 0 heterocycles. The van der Waals surface area contributed by atoms with Gasteiger partial charge < -0.3 is 5.11 Å². The number of aromatic hydroxyl groups is 1. The lowest BCUT2D eigenvalue weighted by atomic mass is 10.2. The molecule has 0 aliphatic rings. The molecule has 1 rings (SSSR count). The number of rotatable bonds is 3. The summed E-state index contributed by atoms with van der Waals surface area (Å²) in [6, 6.07) is 4.14. The third kappa shape index (κ3) is 4.16. The lowest BCUT2D eigenvalue weighted by Crippen LogP contribution is -1.82. The van der Waals surface area contributed by atoms with Crippen LogP contribution in [-0.4, -0.2) is 16.0 Å². The minimum absolute atomic E-state index is 0.0523. The Labute approximate surface area is 91.8 Å². The molecular weight excluding hydrogens is 215 g/mol. The second-order valence-corrected chi connectivity index (χ2v) is 4.11. The number of carbonyl (C=O) groups excluding carboxylic acids is 1. The number of carbonyl (C=O) groups is 1. The van der Waals surface area contributed by atoms with Crippen LogP contribution in [0.2, 0.25) is 0 Å². The molecule has 0 aliphatic heterocycles. The summed E-state index contributed by atoms with van der Waals surface area (Å²) in [6.45, 7) is 1.50. The number of phenolic OH excluding ortho intramolecular Hbond substituents is 1. The first-order chi connectivity index (χ1) is 7.09. The third-order valence-electron chi connectivity index (χ3n) is 1.66. The van der Waals surface area contributed by atoms with Crippen molar-refractivity contribution in [2.24, 2.45) is 0 Å². The number of hydrogen-bond acceptors (Lipinski definition) is 3. The van der Waals surface area contributed by atoms with Gasteiger partial charge in [-0.15, -0.1) is 0 Å². The summed E-state index contributed by atoms with van der Waals surface area (Å²) in [7, 11) is 0. The molecule has 2 nitrogen and oxygen atoms in total. The fourth-order valence-corrected chi connectivity index (χ4v) is 1.40. The highest BCUT2D eigenvalue weighted by molar-refractivity contribution is 8.13. The zero-order valence-corrected chi connectivity index (χ0v) is 9.05. The van der Waals surface area contributed by atoms with Gasteiger partial charge in [0.1, 0.15) is 0 Å². The molecule has 0 aliphatic carbocycles. The Kier molecular flexibility index (Phi) is 4.37. The summed E-state index contributed by atoms with van der Waals surface area (Å²) >= 11 is 1.19. The van der Waals surface area contributed by atoms with Crippen molar-refractivity contribution in [2.75, 3.05) is 5.75 Å². The van der Waals surface area contributed by atoms with Crippen LogP contribution in [0.4, 0.5) is 4.39 Å². The van der Waals surface area contributed by atoms with Gasteiger partial charge in [-0.25, -0.2) is 4.39 Å². The molecule has 1 aromatic carbocycles. The minimum atomic E-state index is -0.642. The SMILES string of the molecule is CC(=O)SCC=Cc1ccc(O)c(F)c1. The van der Waals surface area contributed by atoms with E-state index in [9.17, 15) is 9.18 Å². The first kappa shape index (κ1) is 11.8. The second-order valence-electron chi connectivity index (χ2n) is 2.92. The Morgan fingerprint density at radius 1 is 1.60 bits per heavy atom. The van der Waals surface area contributed by atoms with Gasteiger partial charge in [0.25, 0.3) is 0 Å². The molecule has 1 N–H and O–H groups in total. The predicted octanol–water partition coefficient (Wildman–Crippen LogP) is 2.82. The van der Waals surface area contributed by atoms with Crippen molar-refractivity contribution < 1.29 is 14.3 Å². The van der Waals surface area contributed by atoms with Crippen molar-refractivity contribution in [3.8, 4) is 5.75 Å². The lowest BCUT2D eigenvalue weighted by molar-refractivity contribution is -0.109. The predicted molar refractivity (Wildman–Crippen MR) is 60.2 cm³/mol. The van der Waals surface area contributed by atoms with E-state index in [1.54, 1.807) is 18.2 Å². The molecule has 0 bridgehead atoms. The van der Waals surface area contributed by atoms with Crippen LogP contribution in [0.1, 0.15) is 12.5 Å². The van der Waals surface area contributed by atoms with Gasteiger partial charge in [-0.3, -0.25) is 4.79 Å². The number of phenols is 1. The average molecular weight is 226 g/mol. The Hall–Kier alpha value is -1.29. The van der Waals surface area contributed by atoms with Crippen LogP contribution in [0, 0.1) is 5.82 Å². The third-order valence-corrected chi connectivity index (χ3v) is 2.43. The maximum atomic E-state index is 12.9. The van der Waals surface area contributed by atoms with Crippen molar-refractivity contribution in [1.29, 1.82) is 0 Å². The van der Waals surface area contributed by atoms with Crippen LogP contribution in [0.5, 0.6) is 5.75 Å². The van der Waals surface area contributed by atoms with Gasteiger partial charge >= 0.3 is 0 Å². The molecule has 0 unspecified atom stereocenters. The van der Waals surface area contributed by atoms with Crippen LogP contribution >= 0.6 is 11.8 Å². The molecule has 80 valence electrons. The first-order valence-electron chi connectivity index (χ1n) is 4.38. The maximum Gasteiger partial charge on any atom is 0.186 e. The van der Waals surface area contributed by atoms with E-state index in [-0.39, 0.29) is 10.9 Å². The Bertz CT molecular complexity index is 388. The van der Waals surface area contributed by atoms with Crippen molar-refractivity contribution in [2.45, 2.75) is 6.92 Å². The van der Waals surface area contributed by atoms with E-state index in [2.05, 4.69) is 0 Å². The van der Waals surface area contributed by atoms with Crippen molar-refractivity contribution >= 4 is 23.0 Å². The van der Waals surface area contributed by atoms with Gasteiger partial charge in [0.05, 0.1) is 0 Å². The zero-order valence-electron chi connectivity index (χ0n) is 8.24. The summed E-state index contributed by atoms with van der Waals surface area (Å²) in [6.07, 6.45) is 3.48. The lowest BCUT2D eigenvalue weighted by Gasteiger charge is -1.96. The molecule has 0 amide bonds. The first-order valence-corrected chi connectivity index (χ1v) is 5.36. The van der Waals surface area contributed by atoms with E-state index in [4.69, 9.17) is 5.11 Å². The summed E-state index contributed by atoms with van der Waals surface area (Å²) in [5.41, 5.74) is 0.662. The fourth-order valence-electron chi connectivity index (χ4n) is 0.976. The summed E-state index contributed by atoms with van der Waals surface area (Å²) < 4.78 is 12.9. The molecule has 0 aromatic heterocycles. The Morgan fingerprint density at radius 2 is 2.33 bits per heavy atom. The van der Waals surface area contributed by atoms with E-state index in [1.807, 2.05) is 0 Å². The number of hydrogen-bond donors (Lipinski definition) is 1. The number of thioether (sulfide) groups is 1. The molecule has 0 saturated heterocycles. The minimum Gasteiger partial charge on any atom is -0.505 e. The summed E-state index contributed by atoms with van der Waals surface area (Å²) in [4.78, 5) is 10.6. The molecule has 0 radical (unpaired) electrons. The van der Waals surface area contributed by atoms with Gasteiger partial charge in [0.2, 0.25) is 0 Å². The van der Waals surface area contributed by atoms with Crippen LogP contribution in [0.25, 0.3) is 6.08 Å². The Balaban J connectivity index is 2.57. The molecule has 4 heteroatoms. The second kappa shape index (κ2) is 5.56. The normalized spacial score (nSPS) is 10.8. The van der Waals surface area contributed by atoms with Gasteiger partial charge in [0.15, 0.2) is 16.7 Å². The van der Waals surface area contributed by atoms with Crippen LogP contribution in [0.3, 0.4) is 0 Å². The van der Waals surface area contributed by atoms with Gasteiger partial charge in [-0.1, -0.05) is 30.0 Å². The molecule has 0 saturated carbocycles. The topological polar surface area (TPSA) is 37.3 Å². The highest BCUT2D eigenvalue weighted by Crippen LogP contribution is 2.17. The van der Waals surface area contributed by atoms with Crippen LogP contribution < -0.4 is 0 Å². The smallest absolute Gasteiger partial charge is 0.186 e. The molecule has 1 aromatic rings. The quantitative estimate of drug-likeness (QED) is 0.861. The Morgan fingerprint density at radius 3 is 2.93 bits per heavy atom. The average Bonchev–Trinajstić information content (AvgIpc) is 2.18. The molecule has 0 spiro atoms. The van der Waals surface area contributed by atoms with E-state index in [1.165, 1.54) is 30.8 Å². The zero-order chi connectivity index (χ0) is 11.3. The summed E-state index contributed by atoms with van der Waals surface area (Å²) in [5, 5.41) is 8.99. The molecule has 15 heavy (non-hydrogen) atoms. The van der Waals surface area contributed by atoms with E-state index in [0.29, 0.717) is 11.3 Å². The monoisotopic (exact) mass is 226 g/mol. The van der Waals surface area contributed by atoms with Crippen molar-refractivity contribution in [1.82, 2.24) is 0 Å². The molecule has 0 fully saturated rings. The fraction of sp³-hybridized carbons (Fsp3) is 0.182. The number of benzene rings is 1. The molecular formula is C11H11FO2S. The van der Waals surface area contributed by atoms with E-state index in [0.717, 1.165) is 0 Å². The highest BCUT2D eigenvalue weighted by Gasteiger charge is 1.98. The van der Waals surface area contributed by atoms with Gasteiger partial charge in [-0.05, 0) is 17.7 Å². The van der Waals surface area contributed by atoms with Crippen molar-refractivity contribution in [3.05, 3.63) is 35.7 Å². The van der Waals surface area contributed by atoms with E-state index < -0.39 is 5.82 Å². The largest absolute Gasteiger partial charge is 0.505 e. The van der Waals surface area contributed by atoms with Crippen molar-refractivity contribution in [3.63, 3.8) is 0 Å². The van der Waals surface area contributed by atoms with Gasteiger partial charge in [0, 0.05) is 12.7 Å².